The number of anilines is 1. The van der Waals surface area contributed by atoms with E-state index in [9.17, 15) is 22.8 Å². The molecule has 4 nitrogen and oxygen atoms in total. The molecule has 1 aromatic carbocycles. The Morgan fingerprint density at radius 1 is 1.26 bits per heavy atom. The highest BCUT2D eigenvalue weighted by atomic mass is 35.5. The van der Waals surface area contributed by atoms with Gasteiger partial charge in [0.1, 0.15) is 0 Å². The number of benzene rings is 1. The van der Waals surface area contributed by atoms with Crippen molar-refractivity contribution in [2.45, 2.75) is 19.0 Å². The number of hydrogen-bond donors (Lipinski definition) is 2. The zero-order valence-electron chi connectivity index (χ0n) is 9.42. The normalized spacial score (nSPS) is 11.2. The third-order valence-electron chi connectivity index (χ3n) is 2.12. The topological polar surface area (TPSA) is 66.4 Å². The summed E-state index contributed by atoms with van der Waals surface area (Å²) in [7, 11) is 0. The molecule has 0 aromatic heterocycles. The molecule has 0 aliphatic heterocycles. The van der Waals surface area contributed by atoms with Crippen LogP contribution in [0.2, 0.25) is 5.02 Å². The molecule has 8 heteroatoms. The van der Waals surface area contributed by atoms with Crippen LogP contribution in [0.15, 0.2) is 18.2 Å². The van der Waals surface area contributed by atoms with E-state index in [1.165, 1.54) is 6.07 Å². The van der Waals surface area contributed by atoms with Crippen LogP contribution in [0.1, 0.15) is 18.4 Å². The maximum absolute atomic E-state index is 12.5. The molecule has 0 heterocycles. The van der Waals surface area contributed by atoms with E-state index in [1.807, 2.05) is 0 Å². The number of alkyl halides is 3. The number of aliphatic carboxylic acids is 1. The third-order valence-corrected chi connectivity index (χ3v) is 2.45. The molecule has 1 aromatic rings. The first-order valence-electron chi connectivity index (χ1n) is 5.08. The second kappa shape index (κ2) is 5.92. The number of carbonyl (C=O) groups excluding carboxylic acids is 1. The van der Waals surface area contributed by atoms with Crippen molar-refractivity contribution in [1.29, 1.82) is 0 Å². The van der Waals surface area contributed by atoms with Crippen LogP contribution in [0.3, 0.4) is 0 Å². The summed E-state index contributed by atoms with van der Waals surface area (Å²) in [5.41, 5.74) is -1.16. The van der Waals surface area contributed by atoms with Crippen molar-refractivity contribution in [2.24, 2.45) is 0 Å². The van der Waals surface area contributed by atoms with E-state index in [-0.39, 0.29) is 12.1 Å². The number of halogens is 4. The summed E-state index contributed by atoms with van der Waals surface area (Å²) in [5.74, 6) is -1.85. The van der Waals surface area contributed by atoms with Gasteiger partial charge >= 0.3 is 12.1 Å². The van der Waals surface area contributed by atoms with E-state index in [0.29, 0.717) is 6.07 Å². The molecule has 0 saturated heterocycles. The molecule has 0 spiro atoms. The fourth-order valence-corrected chi connectivity index (χ4v) is 1.49. The first kappa shape index (κ1) is 15.3. The molecule has 1 rings (SSSR count). The minimum absolute atomic E-state index is 0.0906. The van der Waals surface area contributed by atoms with Crippen LogP contribution in [-0.4, -0.2) is 17.0 Å². The first-order valence-corrected chi connectivity index (χ1v) is 5.46. The number of nitrogens with one attached hydrogen (secondary N) is 1. The molecule has 0 fully saturated rings. The monoisotopic (exact) mass is 295 g/mol. The fourth-order valence-electron chi connectivity index (χ4n) is 1.26. The lowest BCUT2D eigenvalue weighted by Gasteiger charge is -2.11. The van der Waals surface area contributed by atoms with E-state index in [4.69, 9.17) is 16.7 Å². The van der Waals surface area contributed by atoms with Gasteiger partial charge in [-0.15, -0.1) is 0 Å². The highest BCUT2D eigenvalue weighted by Crippen LogP contribution is 2.36. The Morgan fingerprint density at radius 3 is 2.42 bits per heavy atom. The van der Waals surface area contributed by atoms with Crippen molar-refractivity contribution in [3.63, 3.8) is 0 Å². The molecular weight excluding hydrogens is 287 g/mol. The second-order valence-electron chi connectivity index (χ2n) is 3.63. The lowest BCUT2D eigenvalue weighted by molar-refractivity contribution is -0.138. The Labute approximate surface area is 111 Å². The van der Waals surface area contributed by atoms with Crippen molar-refractivity contribution < 1.29 is 27.9 Å². The summed E-state index contributed by atoms with van der Waals surface area (Å²) in [6.07, 6.45) is -5.34. The standard InChI is InChI=1S/C11H9ClF3NO3/c12-8-2-1-6(5-7(8)11(13,14)15)16-9(17)3-4-10(18)19/h1-2,5H,3-4H2,(H,16,17)(H,18,19). The predicted octanol–water partition coefficient (Wildman–Crippen LogP) is 3.16. The summed E-state index contributed by atoms with van der Waals surface area (Å²) in [6, 6.07) is 2.91. The molecule has 0 unspecified atom stereocenters. The maximum atomic E-state index is 12.5. The van der Waals surface area contributed by atoms with Gasteiger partial charge in [0.25, 0.3) is 0 Å². The van der Waals surface area contributed by atoms with Crippen molar-refractivity contribution >= 4 is 29.2 Å². The second-order valence-corrected chi connectivity index (χ2v) is 4.04. The molecule has 0 aliphatic rings. The molecule has 19 heavy (non-hydrogen) atoms. The Balaban J connectivity index is 2.80. The van der Waals surface area contributed by atoms with Gasteiger partial charge in [0.15, 0.2) is 0 Å². The van der Waals surface area contributed by atoms with Gasteiger partial charge in [-0.1, -0.05) is 11.6 Å². The highest BCUT2D eigenvalue weighted by molar-refractivity contribution is 6.31. The zero-order chi connectivity index (χ0) is 14.6. The van der Waals surface area contributed by atoms with Crippen LogP contribution in [0.25, 0.3) is 0 Å². The lowest BCUT2D eigenvalue weighted by atomic mass is 10.2. The largest absolute Gasteiger partial charge is 0.481 e. The summed E-state index contributed by atoms with van der Waals surface area (Å²) < 4.78 is 37.6. The van der Waals surface area contributed by atoms with Crippen molar-refractivity contribution in [3.05, 3.63) is 28.8 Å². The molecule has 2 N–H and O–H groups in total. The van der Waals surface area contributed by atoms with Crippen LogP contribution in [0.5, 0.6) is 0 Å². The quantitative estimate of drug-likeness (QED) is 0.896. The van der Waals surface area contributed by atoms with Gasteiger partial charge in [0, 0.05) is 12.1 Å². The average molecular weight is 296 g/mol. The molecular formula is C11H9ClF3NO3. The van der Waals surface area contributed by atoms with Gasteiger partial charge in [-0.2, -0.15) is 13.2 Å². The Morgan fingerprint density at radius 2 is 1.89 bits per heavy atom. The van der Waals surface area contributed by atoms with Gasteiger partial charge in [0.2, 0.25) is 5.91 Å². The average Bonchev–Trinajstić information content (AvgIpc) is 2.27. The summed E-state index contributed by atoms with van der Waals surface area (Å²) in [4.78, 5) is 21.5. The zero-order valence-corrected chi connectivity index (χ0v) is 10.2. The Hall–Kier alpha value is -1.76. The SMILES string of the molecule is O=C(O)CCC(=O)Nc1ccc(Cl)c(C(F)(F)F)c1. The van der Waals surface area contributed by atoms with E-state index in [0.717, 1.165) is 6.07 Å². The predicted molar refractivity (Wildman–Crippen MR) is 62.0 cm³/mol. The highest BCUT2D eigenvalue weighted by Gasteiger charge is 2.33. The molecule has 0 bridgehead atoms. The van der Waals surface area contributed by atoms with Crippen molar-refractivity contribution in [2.75, 3.05) is 5.32 Å². The van der Waals surface area contributed by atoms with Crippen LogP contribution in [0.4, 0.5) is 18.9 Å². The number of carboxylic acid groups (broad SMARTS) is 1. The maximum Gasteiger partial charge on any atom is 0.417 e. The molecule has 0 atom stereocenters. The lowest BCUT2D eigenvalue weighted by Crippen LogP contribution is -2.14. The molecule has 0 aliphatic carbocycles. The molecule has 1 amide bonds. The van der Waals surface area contributed by atoms with Crippen LogP contribution < -0.4 is 5.32 Å². The van der Waals surface area contributed by atoms with Gasteiger partial charge < -0.3 is 10.4 Å². The molecule has 0 radical (unpaired) electrons. The van der Waals surface area contributed by atoms with Crippen molar-refractivity contribution in [1.82, 2.24) is 0 Å². The van der Waals surface area contributed by atoms with Crippen LogP contribution in [0, 0.1) is 0 Å². The minimum Gasteiger partial charge on any atom is -0.481 e. The van der Waals surface area contributed by atoms with E-state index in [2.05, 4.69) is 5.32 Å². The Kier molecular flexibility index (Phi) is 4.77. The van der Waals surface area contributed by atoms with Gasteiger partial charge in [-0.25, -0.2) is 0 Å². The van der Waals surface area contributed by atoms with Gasteiger partial charge in [0.05, 0.1) is 17.0 Å². The number of carboxylic acids is 1. The first-order chi connectivity index (χ1) is 8.70. The van der Waals surface area contributed by atoms with E-state index < -0.39 is 35.1 Å². The van der Waals surface area contributed by atoms with Gasteiger partial charge in [-0.3, -0.25) is 9.59 Å². The number of hydrogen-bond acceptors (Lipinski definition) is 2. The van der Waals surface area contributed by atoms with E-state index >= 15 is 0 Å². The number of amides is 1. The Bertz CT molecular complexity index is 502. The molecule has 0 saturated carbocycles. The van der Waals surface area contributed by atoms with Crippen LogP contribution >= 0.6 is 11.6 Å². The third kappa shape index (κ3) is 4.78. The van der Waals surface area contributed by atoms with Crippen molar-refractivity contribution in [3.8, 4) is 0 Å². The van der Waals surface area contributed by atoms with Gasteiger partial charge in [-0.05, 0) is 18.2 Å². The summed E-state index contributed by atoms with van der Waals surface area (Å²) >= 11 is 5.41. The summed E-state index contributed by atoms with van der Waals surface area (Å²) in [5, 5.41) is 10.1. The smallest absolute Gasteiger partial charge is 0.417 e. The molecule has 104 valence electrons. The number of rotatable bonds is 4. The van der Waals surface area contributed by atoms with E-state index in [1.54, 1.807) is 0 Å². The number of carbonyl (C=O) groups is 2. The van der Waals surface area contributed by atoms with Crippen LogP contribution in [-0.2, 0) is 15.8 Å². The fraction of sp³-hybridized carbons (Fsp3) is 0.273. The summed E-state index contributed by atoms with van der Waals surface area (Å²) in [6.45, 7) is 0. The minimum atomic E-state index is -4.63.